The lowest BCUT2D eigenvalue weighted by molar-refractivity contribution is 0.137. The van der Waals surface area contributed by atoms with Crippen molar-refractivity contribution in [3.8, 4) is 0 Å². The Labute approximate surface area is 87.9 Å². The summed E-state index contributed by atoms with van der Waals surface area (Å²) in [6.45, 7) is 4.71. The van der Waals surface area contributed by atoms with Crippen LogP contribution >= 0.6 is 0 Å². The van der Waals surface area contributed by atoms with Crippen LogP contribution in [0.3, 0.4) is 0 Å². The van der Waals surface area contributed by atoms with Crippen LogP contribution in [0.2, 0.25) is 0 Å². The van der Waals surface area contributed by atoms with Gasteiger partial charge in [0, 0.05) is 27.1 Å². The zero-order chi connectivity index (χ0) is 10.4. The quantitative estimate of drug-likeness (QED) is 0.753. The molecule has 1 aliphatic heterocycles. The van der Waals surface area contributed by atoms with E-state index in [0.717, 1.165) is 5.70 Å². The van der Waals surface area contributed by atoms with E-state index >= 15 is 0 Å². The van der Waals surface area contributed by atoms with Crippen molar-refractivity contribution in [2.24, 2.45) is 0 Å². The van der Waals surface area contributed by atoms with Gasteiger partial charge in [0.15, 0.2) is 0 Å². The Kier molecular flexibility index (Phi) is 4.53. The van der Waals surface area contributed by atoms with E-state index in [0.29, 0.717) is 12.7 Å². The molecule has 1 fully saturated rings. The van der Waals surface area contributed by atoms with Gasteiger partial charge in [0.25, 0.3) is 0 Å². The first kappa shape index (κ1) is 11.1. The Morgan fingerprint density at radius 3 is 2.86 bits per heavy atom. The number of hydrogen-bond donors (Lipinski definition) is 1. The summed E-state index contributed by atoms with van der Waals surface area (Å²) in [5.74, 6) is 0. The SMILES string of the molecule is CC.CN1C=CNC(COC2CC2)=C1.[HH]. The molecule has 0 amide bonds. The highest BCUT2D eigenvalue weighted by atomic mass is 16.5. The van der Waals surface area contributed by atoms with Crippen LogP contribution in [-0.2, 0) is 4.74 Å². The molecule has 0 radical (unpaired) electrons. The first-order valence-corrected chi connectivity index (χ1v) is 5.32. The summed E-state index contributed by atoms with van der Waals surface area (Å²) >= 11 is 0. The Hall–Kier alpha value is -0.960. The van der Waals surface area contributed by atoms with Gasteiger partial charge in [-0.1, -0.05) is 13.8 Å². The lowest BCUT2D eigenvalue weighted by Gasteiger charge is -2.17. The molecule has 82 valence electrons. The van der Waals surface area contributed by atoms with Gasteiger partial charge >= 0.3 is 0 Å². The number of hydrogen-bond acceptors (Lipinski definition) is 3. The molecule has 3 nitrogen and oxygen atoms in total. The third-order valence-electron chi connectivity index (χ3n) is 1.94. The van der Waals surface area contributed by atoms with Crippen LogP contribution in [0.5, 0.6) is 0 Å². The van der Waals surface area contributed by atoms with Crippen molar-refractivity contribution in [2.75, 3.05) is 13.7 Å². The molecule has 0 aromatic rings. The van der Waals surface area contributed by atoms with Crippen molar-refractivity contribution in [3.63, 3.8) is 0 Å². The Morgan fingerprint density at radius 2 is 2.29 bits per heavy atom. The van der Waals surface area contributed by atoms with Crippen LogP contribution in [0.25, 0.3) is 0 Å². The summed E-state index contributed by atoms with van der Waals surface area (Å²) in [6.07, 6.45) is 8.94. The van der Waals surface area contributed by atoms with E-state index in [1.807, 2.05) is 44.4 Å². The monoisotopic (exact) mass is 198 g/mol. The smallest absolute Gasteiger partial charge is 0.0884 e. The average molecular weight is 198 g/mol. The third kappa shape index (κ3) is 3.83. The molecule has 2 aliphatic rings. The lowest BCUT2D eigenvalue weighted by Crippen LogP contribution is -2.20. The average Bonchev–Trinajstić information content (AvgIpc) is 3.02. The Morgan fingerprint density at radius 1 is 1.57 bits per heavy atom. The second-order valence-corrected chi connectivity index (χ2v) is 3.29. The van der Waals surface area contributed by atoms with Crippen molar-refractivity contribution in [1.29, 1.82) is 0 Å². The topological polar surface area (TPSA) is 24.5 Å². The molecule has 0 aromatic heterocycles. The third-order valence-corrected chi connectivity index (χ3v) is 1.94. The zero-order valence-corrected chi connectivity index (χ0v) is 9.29. The van der Waals surface area contributed by atoms with Gasteiger partial charge in [-0.2, -0.15) is 0 Å². The maximum Gasteiger partial charge on any atom is 0.0884 e. The molecule has 1 N–H and O–H groups in total. The fourth-order valence-corrected chi connectivity index (χ4v) is 1.11. The molecule has 0 unspecified atom stereocenters. The van der Waals surface area contributed by atoms with Crippen LogP contribution in [0.15, 0.2) is 24.3 Å². The standard InChI is InChI=1S/C9H14N2O.C2H6.H2/c1-11-5-4-10-8(6-11)7-12-9-2-3-9;1-2;/h4-6,9-10H,2-3,7H2,1H3;1-2H3;1H. The highest BCUT2D eigenvalue weighted by Crippen LogP contribution is 2.23. The Balaban J connectivity index is 0.000000617. The second kappa shape index (κ2) is 5.70. The summed E-state index contributed by atoms with van der Waals surface area (Å²) in [6, 6.07) is 0. The zero-order valence-electron chi connectivity index (χ0n) is 9.29. The van der Waals surface area contributed by atoms with Gasteiger partial charge in [-0.15, -0.1) is 0 Å². The fourth-order valence-electron chi connectivity index (χ4n) is 1.11. The first-order valence-electron chi connectivity index (χ1n) is 5.32. The number of ether oxygens (including phenoxy) is 1. The van der Waals surface area contributed by atoms with E-state index in [9.17, 15) is 0 Å². The van der Waals surface area contributed by atoms with E-state index in [1.54, 1.807) is 0 Å². The van der Waals surface area contributed by atoms with E-state index in [4.69, 9.17) is 4.74 Å². The van der Waals surface area contributed by atoms with Crippen LogP contribution in [0.1, 0.15) is 28.1 Å². The summed E-state index contributed by atoms with van der Waals surface area (Å²) in [5, 5.41) is 3.15. The molecule has 0 bridgehead atoms. The Bertz CT molecular complexity index is 225. The van der Waals surface area contributed by atoms with Crippen LogP contribution < -0.4 is 5.32 Å². The molecule has 0 atom stereocenters. The predicted molar refractivity (Wildman–Crippen MR) is 60.6 cm³/mol. The van der Waals surface area contributed by atoms with Crippen molar-refractivity contribution in [3.05, 3.63) is 24.3 Å². The van der Waals surface area contributed by atoms with Crippen LogP contribution in [0.4, 0.5) is 0 Å². The molecule has 0 spiro atoms. The van der Waals surface area contributed by atoms with Crippen LogP contribution in [-0.4, -0.2) is 24.7 Å². The van der Waals surface area contributed by atoms with E-state index < -0.39 is 0 Å². The minimum atomic E-state index is 0. The minimum absolute atomic E-state index is 0. The maximum atomic E-state index is 5.55. The van der Waals surface area contributed by atoms with Gasteiger partial charge < -0.3 is 15.0 Å². The van der Waals surface area contributed by atoms with Gasteiger partial charge in [0.2, 0.25) is 0 Å². The number of nitrogens with one attached hydrogen (secondary N) is 1. The maximum absolute atomic E-state index is 5.55. The van der Waals surface area contributed by atoms with Gasteiger partial charge in [-0.25, -0.2) is 0 Å². The molecule has 0 aromatic carbocycles. The summed E-state index contributed by atoms with van der Waals surface area (Å²) in [7, 11) is 2.01. The molecular weight excluding hydrogens is 176 g/mol. The van der Waals surface area contributed by atoms with Gasteiger partial charge in [0.1, 0.15) is 0 Å². The molecular formula is C11H22N2O. The molecule has 1 heterocycles. The number of nitrogens with zero attached hydrogens (tertiary/aromatic N) is 1. The predicted octanol–water partition coefficient (Wildman–Crippen LogP) is 2.29. The molecule has 1 aliphatic carbocycles. The van der Waals surface area contributed by atoms with E-state index in [2.05, 4.69) is 5.32 Å². The largest absolute Gasteiger partial charge is 0.372 e. The minimum Gasteiger partial charge on any atom is -0.372 e. The molecule has 2 rings (SSSR count). The molecule has 0 saturated heterocycles. The second-order valence-electron chi connectivity index (χ2n) is 3.29. The summed E-state index contributed by atoms with van der Waals surface area (Å²) in [4.78, 5) is 2.02. The van der Waals surface area contributed by atoms with Crippen molar-refractivity contribution in [1.82, 2.24) is 10.2 Å². The highest BCUT2D eigenvalue weighted by molar-refractivity contribution is 5.09. The van der Waals surface area contributed by atoms with Gasteiger partial charge in [0.05, 0.1) is 18.4 Å². The lowest BCUT2D eigenvalue weighted by atomic mass is 10.4. The summed E-state index contributed by atoms with van der Waals surface area (Å²) in [5.41, 5.74) is 1.13. The van der Waals surface area contributed by atoms with Gasteiger partial charge in [-0.05, 0) is 12.8 Å². The van der Waals surface area contributed by atoms with Crippen molar-refractivity contribution < 1.29 is 6.16 Å². The van der Waals surface area contributed by atoms with Crippen molar-refractivity contribution >= 4 is 0 Å². The highest BCUT2D eigenvalue weighted by Gasteiger charge is 2.22. The van der Waals surface area contributed by atoms with E-state index in [1.165, 1.54) is 12.8 Å². The van der Waals surface area contributed by atoms with Gasteiger partial charge in [-0.3, -0.25) is 0 Å². The summed E-state index contributed by atoms with van der Waals surface area (Å²) < 4.78 is 5.55. The first-order chi connectivity index (χ1) is 6.84. The molecule has 3 heteroatoms. The molecule has 14 heavy (non-hydrogen) atoms. The normalized spacial score (nSPS) is 19.4. The van der Waals surface area contributed by atoms with E-state index in [-0.39, 0.29) is 1.43 Å². The van der Waals surface area contributed by atoms with Crippen molar-refractivity contribution in [2.45, 2.75) is 32.8 Å². The number of rotatable bonds is 3. The molecule has 1 saturated carbocycles. The fraction of sp³-hybridized carbons (Fsp3) is 0.636. The van der Waals surface area contributed by atoms with Crippen LogP contribution in [0, 0.1) is 0 Å².